The fraction of sp³-hybridized carbons (Fsp3) is 0.333. The van der Waals surface area contributed by atoms with Gasteiger partial charge >= 0.3 is 0 Å². The molecule has 1 aliphatic carbocycles. The Labute approximate surface area is 98.3 Å². The maximum absolute atomic E-state index is 5.84. The molecule has 1 aromatic carbocycles. The largest absolute Gasteiger partial charge is 0.486 e. The molecule has 0 aromatic heterocycles. The normalized spacial score (nSPS) is 20.8. The van der Waals surface area contributed by atoms with Crippen LogP contribution in [-0.2, 0) is 0 Å². The van der Waals surface area contributed by atoms with Crippen LogP contribution in [0, 0.1) is 3.57 Å². The second-order valence-corrected chi connectivity index (χ2v) is 4.72. The van der Waals surface area contributed by atoms with E-state index in [1.54, 1.807) is 0 Å². The van der Waals surface area contributed by atoms with Crippen molar-refractivity contribution >= 4 is 22.6 Å². The van der Waals surface area contributed by atoms with Crippen LogP contribution in [0.4, 0.5) is 0 Å². The van der Waals surface area contributed by atoms with Crippen LogP contribution in [0.2, 0.25) is 0 Å². The van der Waals surface area contributed by atoms with Crippen molar-refractivity contribution in [3.63, 3.8) is 0 Å². The maximum Gasteiger partial charge on any atom is 0.121 e. The first-order valence-electron chi connectivity index (χ1n) is 4.93. The Kier molecular flexibility index (Phi) is 3.45. The zero-order chi connectivity index (χ0) is 9.80. The predicted molar refractivity (Wildman–Crippen MR) is 66.6 cm³/mol. The van der Waals surface area contributed by atoms with E-state index in [0.29, 0.717) is 0 Å². The highest BCUT2D eigenvalue weighted by Gasteiger charge is 2.09. The lowest BCUT2D eigenvalue weighted by Crippen LogP contribution is -2.15. The van der Waals surface area contributed by atoms with Gasteiger partial charge in [0.25, 0.3) is 0 Å². The molecule has 0 N–H and O–H groups in total. The summed E-state index contributed by atoms with van der Waals surface area (Å²) >= 11 is 2.30. The van der Waals surface area contributed by atoms with E-state index in [9.17, 15) is 0 Å². The van der Waals surface area contributed by atoms with Crippen molar-refractivity contribution in [3.05, 3.63) is 40.0 Å². The van der Waals surface area contributed by atoms with Crippen molar-refractivity contribution in [2.24, 2.45) is 0 Å². The predicted octanol–water partition coefficient (Wildman–Crippen LogP) is 3.78. The molecule has 0 fully saturated rings. The smallest absolute Gasteiger partial charge is 0.121 e. The van der Waals surface area contributed by atoms with Crippen LogP contribution < -0.4 is 4.74 Å². The molecule has 1 unspecified atom stereocenters. The van der Waals surface area contributed by atoms with Gasteiger partial charge in [0.05, 0.1) is 0 Å². The molecular weight excluding hydrogens is 287 g/mol. The highest BCUT2D eigenvalue weighted by Crippen LogP contribution is 2.20. The number of rotatable bonds is 2. The molecule has 0 radical (unpaired) electrons. The molecular formula is C12H13IO. The summed E-state index contributed by atoms with van der Waals surface area (Å²) in [6.45, 7) is 0. The molecule has 14 heavy (non-hydrogen) atoms. The average molecular weight is 300 g/mol. The van der Waals surface area contributed by atoms with Crippen LogP contribution in [0.15, 0.2) is 36.4 Å². The molecule has 0 aliphatic heterocycles. The Balaban J connectivity index is 2.02. The molecule has 0 spiro atoms. The van der Waals surface area contributed by atoms with Gasteiger partial charge in [0.1, 0.15) is 11.9 Å². The van der Waals surface area contributed by atoms with Gasteiger partial charge in [0.2, 0.25) is 0 Å². The minimum atomic E-state index is 0.280. The van der Waals surface area contributed by atoms with E-state index in [0.717, 1.165) is 12.2 Å². The van der Waals surface area contributed by atoms with Crippen LogP contribution in [-0.4, -0.2) is 6.10 Å². The third kappa shape index (κ3) is 2.74. The molecule has 1 aromatic rings. The molecule has 0 heterocycles. The third-order valence-corrected chi connectivity index (χ3v) is 2.96. The van der Waals surface area contributed by atoms with Gasteiger partial charge in [0, 0.05) is 3.57 Å². The molecule has 0 amide bonds. The fourth-order valence-corrected chi connectivity index (χ4v) is 2.11. The van der Waals surface area contributed by atoms with Crippen molar-refractivity contribution in [1.82, 2.24) is 0 Å². The van der Waals surface area contributed by atoms with Crippen LogP contribution >= 0.6 is 22.6 Å². The summed E-state index contributed by atoms with van der Waals surface area (Å²) in [6, 6.07) is 8.20. The Morgan fingerprint density at radius 1 is 1.36 bits per heavy atom. The Morgan fingerprint density at radius 3 is 3.00 bits per heavy atom. The fourth-order valence-electron chi connectivity index (χ4n) is 1.59. The standard InChI is InChI=1S/C12H13IO/c13-10-5-4-8-12(9-10)14-11-6-2-1-3-7-11/h2,4-6,8-9,11H,1,3,7H2. The third-order valence-electron chi connectivity index (χ3n) is 2.29. The highest BCUT2D eigenvalue weighted by molar-refractivity contribution is 14.1. The lowest BCUT2D eigenvalue weighted by atomic mass is 10.1. The van der Waals surface area contributed by atoms with Gasteiger partial charge in [-0.05, 0) is 66.1 Å². The van der Waals surface area contributed by atoms with E-state index in [-0.39, 0.29) is 6.10 Å². The van der Waals surface area contributed by atoms with Crippen molar-refractivity contribution < 1.29 is 4.74 Å². The quantitative estimate of drug-likeness (QED) is 0.596. The summed E-state index contributed by atoms with van der Waals surface area (Å²) in [4.78, 5) is 0. The van der Waals surface area contributed by atoms with Crippen LogP contribution in [0.25, 0.3) is 0 Å². The molecule has 0 saturated heterocycles. The Morgan fingerprint density at radius 2 is 2.29 bits per heavy atom. The molecule has 2 heteroatoms. The van der Waals surface area contributed by atoms with Crippen molar-refractivity contribution in [2.45, 2.75) is 25.4 Å². The molecule has 74 valence electrons. The minimum Gasteiger partial charge on any atom is -0.486 e. The molecule has 0 bridgehead atoms. The first-order valence-corrected chi connectivity index (χ1v) is 6.01. The molecule has 0 saturated carbocycles. The lowest BCUT2D eigenvalue weighted by Gasteiger charge is -2.18. The summed E-state index contributed by atoms with van der Waals surface area (Å²) < 4.78 is 7.07. The van der Waals surface area contributed by atoms with Gasteiger partial charge in [-0.15, -0.1) is 0 Å². The summed E-state index contributed by atoms with van der Waals surface area (Å²) in [5, 5.41) is 0. The summed E-state index contributed by atoms with van der Waals surface area (Å²) in [7, 11) is 0. The van der Waals surface area contributed by atoms with Gasteiger partial charge in [-0.3, -0.25) is 0 Å². The van der Waals surface area contributed by atoms with Gasteiger partial charge in [-0.2, -0.15) is 0 Å². The summed E-state index contributed by atoms with van der Waals surface area (Å²) in [6.07, 6.45) is 8.24. The van der Waals surface area contributed by atoms with Gasteiger partial charge in [-0.1, -0.05) is 12.1 Å². The SMILES string of the molecule is Ic1cccc(OC2C=CCCC2)c1. The topological polar surface area (TPSA) is 9.23 Å². The number of hydrogen-bond acceptors (Lipinski definition) is 1. The van der Waals surface area contributed by atoms with E-state index < -0.39 is 0 Å². The van der Waals surface area contributed by atoms with E-state index in [4.69, 9.17) is 4.74 Å². The van der Waals surface area contributed by atoms with Crippen LogP contribution in [0.3, 0.4) is 0 Å². The zero-order valence-electron chi connectivity index (χ0n) is 7.95. The second kappa shape index (κ2) is 4.82. The molecule has 2 rings (SSSR count). The maximum atomic E-state index is 5.84. The van der Waals surface area contributed by atoms with E-state index in [1.165, 1.54) is 16.4 Å². The second-order valence-electron chi connectivity index (χ2n) is 3.47. The molecule has 1 nitrogen and oxygen atoms in total. The number of ether oxygens (including phenoxy) is 1. The van der Waals surface area contributed by atoms with Crippen molar-refractivity contribution in [3.8, 4) is 5.75 Å². The number of hydrogen-bond donors (Lipinski definition) is 0. The Hall–Kier alpha value is -0.510. The van der Waals surface area contributed by atoms with Crippen LogP contribution in [0.1, 0.15) is 19.3 Å². The van der Waals surface area contributed by atoms with Crippen molar-refractivity contribution in [1.29, 1.82) is 0 Å². The average Bonchev–Trinajstić information content (AvgIpc) is 2.19. The lowest BCUT2D eigenvalue weighted by molar-refractivity contribution is 0.230. The zero-order valence-corrected chi connectivity index (χ0v) is 10.1. The van der Waals surface area contributed by atoms with E-state index >= 15 is 0 Å². The van der Waals surface area contributed by atoms with Gasteiger partial charge in [-0.25, -0.2) is 0 Å². The minimum absolute atomic E-state index is 0.280. The summed E-state index contributed by atoms with van der Waals surface area (Å²) in [5.74, 6) is 0.980. The first-order chi connectivity index (χ1) is 6.84. The van der Waals surface area contributed by atoms with E-state index in [1.807, 2.05) is 12.1 Å². The number of benzene rings is 1. The monoisotopic (exact) mass is 300 g/mol. The van der Waals surface area contributed by atoms with Crippen molar-refractivity contribution in [2.75, 3.05) is 0 Å². The van der Waals surface area contributed by atoms with Gasteiger partial charge < -0.3 is 4.74 Å². The van der Waals surface area contributed by atoms with Crippen LogP contribution in [0.5, 0.6) is 5.75 Å². The first kappa shape index (κ1) is 10.0. The number of halogens is 1. The van der Waals surface area contributed by atoms with E-state index in [2.05, 4.69) is 46.9 Å². The molecule has 1 aliphatic rings. The molecule has 1 atom stereocenters. The summed E-state index contributed by atoms with van der Waals surface area (Å²) in [5.41, 5.74) is 0. The van der Waals surface area contributed by atoms with Gasteiger partial charge in [0.15, 0.2) is 0 Å². The number of allylic oxidation sites excluding steroid dienone is 1. The highest BCUT2D eigenvalue weighted by atomic mass is 127. The Bertz CT molecular complexity index is 333.